The Kier molecular flexibility index (Phi) is 6.84. The summed E-state index contributed by atoms with van der Waals surface area (Å²) < 4.78 is 34.4. The molecule has 0 radical (unpaired) electrons. The van der Waals surface area contributed by atoms with Crippen molar-refractivity contribution in [2.75, 3.05) is 13.7 Å². The van der Waals surface area contributed by atoms with Crippen molar-refractivity contribution in [2.24, 2.45) is 7.05 Å². The van der Waals surface area contributed by atoms with Crippen LogP contribution in [-0.2, 0) is 23.0 Å². The molecule has 2 heterocycles. The molecular formula is C34H35FN2O4. The highest BCUT2D eigenvalue weighted by Gasteiger charge is 2.32. The fourth-order valence-corrected chi connectivity index (χ4v) is 6.70. The summed E-state index contributed by atoms with van der Waals surface area (Å²) in [5.41, 5.74) is 11.6. The Morgan fingerprint density at radius 1 is 1.07 bits per heavy atom. The van der Waals surface area contributed by atoms with Gasteiger partial charge in [0.2, 0.25) is 0 Å². The van der Waals surface area contributed by atoms with E-state index in [0.29, 0.717) is 30.1 Å². The van der Waals surface area contributed by atoms with Crippen LogP contribution in [0.4, 0.5) is 4.39 Å². The van der Waals surface area contributed by atoms with E-state index in [4.69, 9.17) is 14.2 Å². The minimum Gasteiger partial charge on any atom is -0.492 e. The van der Waals surface area contributed by atoms with Gasteiger partial charge in [0, 0.05) is 41.4 Å². The van der Waals surface area contributed by atoms with Crippen molar-refractivity contribution in [3.63, 3.8) is 0 Å². The van der Waals surface area contributed by atoms with Crippen LogP contribution in [0.25, 0.3) is 22.3 Å². The van der Waals surface area contributed by atoms with Gasteiger partial charge in [-0.1, -0.05) is 24.3 Å². The molecule has 1 aliphatic carbocycles. The molecule has 212 valence electrons. The third-order valence-electron chi connectivity index (χ3n) is 8.67. The number of rotatable bonds is 6. The van der Waals surface area contributed by atoms with Gasteiger partial charge in [-0.15, -0.1) is 0 Å². The molecule has 0 spiro atoms. The Bertz CT molecular complexity index is 1670. The molecule has 6 rings (SSSR count). The molecule has 0 saturated carbocycles. The smallest absolute Gasteiger partial charge is 0.306 e. The van der Waals surface area contributed by atoms with Crippen molar-refractivity contribution < 1.29 is 23.4 Å². The largest absolute Gasteiger partial charge is 0.492 e. The number of aromatic nitrogens is 2. The van der Waals surface area contributed by atoms with Gasteiger partial charge in [-0.05, 0) is 86.1 Å². The van der Waals surface area contributed by atoms with Crippen LogP contribution >= 0.6 is 0 Å². The highest BCUT2D eigenvalue weighted by Crippen LogP contribution is 2.45. The molecule has 7 heteroatoms. The zero-order valence-electron chi connectivity index (χ0n) is 24.4. The van der Waals surface area contributed by atoms with Gasteiger partial charge in [-0.3, -0.25) is 9.48 Å². The molecule has 0 bridgehead atoms. The lowest BCUT2D eigenvalue weighted by atomic mass is 9.87. The lowest BCUT2D eigenvalue weighted by molar-refractivity contribution is -0.141. The van der Waals surface area contributed by atoms with Crippen LogP contribution in [-0.4, -0.2) is 29.5 Å². The Balaban J connectivity index is 1.31. The topological polar surface area (TPSA) is 62.6 Å². The summed E-state index contributed by atoms with van der Waals surface area (Å²) in [6.07, 6.45) is 1.30. The van der Waals surface area contributed by atoms with Crippen molar-refractivity contribution in [1.82, 2.24) is 9.78 Å². The molecule has 3 aromatic carbocycles. The van der Waals surface area contributed by atoms with Crippen LogP contribution in [0, 0.1) is 33.5 Å². The van der Waals surface area contributed by atoms with E-state index in [9.17, 15) is 4.79 Å². The predicted molar refractivity (Wildman–Crippen MR) is 156 cm³/mol. The second-order valence-corrected chi connectivity index (χ2v) is 11.3. The molecular weight excluding hydrogens is 519 g/mol. The van der Waals surface area contributed by atoms with E-state index in [1.165, 1.54) is 7.11 Å². The Morgan fingerprint density at radius 2 is 1.83 bits per heavy atom. The first-order valence-corrected chi connectivity index (χ1v) is 14.1. The number of esters is 1. The minimum absolute atomic E-state index is 0.0393. The number of halogens is 1. The Labute approximate surface area is 240 Å². The van der Waals surface area contributed by atoms with E-state index in [1.807, 2.05) is 42.9 Å². The van der Waals surface area contributed by atoms with Crippen molar-refractivity contribution in [2.45, 2.75) is 59.0 Å². The van der Waals surface area contributed by atoms with Crippen molar-refractivity contribution >= 4 is 5.97 Å². The number of fused-ring (bicyclic) bond motifs is 2. The second-order valence-electron chi connectivity index (χ2n) is 11.3. The SMILES string of the molecule is COC(=O)CC1COc2cc(OC3CCc4c(-c5c(C)cc(-c6c(C)nn(C)c6C)cc5C)ccc(F)c43)ccc21. The molecule has 2 unspecified atom stereocenters. The zero-order chi connectivity index (χ0) is 29.0. The van der Waals surface area contributed by atoms with Gasteiger partial charge in [-0.2, -0.15) is 5.10 Å². The normalized spacial score (nSPS) is 17.2. The van der Waals surface area contributed by atoms with E-state index in [2.05, 4.69) is 38.0 Å². The second kappa shape index (κ2) is 10.4. The summed E-state index contributed by atoms with van der Waals surface area (Å²) >= 11 is 0. The Morgan fingerprint density at radius 3 is 2.51 bits per heavy atom. The van der Waals surface area contributed by atoms with Gasteiger partial charge in [0.15, 0.2) is 0 Å². The van der Waals surface area contributed by atoms with Crippen LogP contribution < -0.4 is 9.47 Å². The Hall–Kier alpha value is -4.13. The minimum atomic E-state index is -0.393. The maximum Gasteiger partial charge on any atom is 0.306 e. The molecule has 2 atom stereocenters. The fraction of sp³-hybridized carbons (Fsp3) is 0.353. The molecule has 0 N–H and O–H groups in total. The average molecular weight is 555 g/mol. The van der Waals surface area contributed by atoms with Gasteiger partial charge < -0.3 is 14.2 Å². The van der Waals surface area contributed by atoms with E-state index in [0.717, 1.165) is 62.3 Å². The number of hydrogen-bond donors (Lipinski definition) is 0. The summed E-state index contributed by atoms with van der Waals surface area (Å²) in [5.74, 6) is 0.791. The average Bonchev–Trinajstić information content (AvgIpc) is 3.60. The summed E-state index contributed by atoms with van der Waals surface area (Å²) in [6, 6.07) is 13.6. The number of aryl methyl sites for hydroxylation is 4. The number of nitrogens with zero attached hydrogens (tertiary/aromatic N) is 2. The van der Waals surface area contributed by atoms with Crippen LogP contribution in [0.15, 0.2) is 42.5 Å². The van der Waals surface area contributed by atoms with Crippen molar-refractivity contribution in [1.29, 1.82) is 0 Å². The van der Waals surface area contributed by atoms with Gasteiger partial charge in [-0.25, -0.2) is 4.39 Å². The monoisotopic (exact) mass is 554 g/mol. The van der Waals surface area contributed by atoms with Crippen LogP contribution in [0.2, 0.25) is 0 Å². The highest BCUT2D eigenvalue weighted by molar-refractivity contribution is 5.80. The number of hydrogen-bond acceptors (Lipinski definition) is 5. The number of benzene rings is 3. The third kappa shape index (κ3) is 4.67. The molecule has 6 nitrogen and oxygen atoms in total. The summed E-state index contributed by atoms with van der Waals surface area (Å²) in [5, 5.41) is 4.60. The van der Waals surface area contributed by atoms with Crippen LogP contribution in [0.1, 0.15) is 64.1 Å². The molecule has 1 aromatic heterocycles. The number of methoxy groups -OCH3 is 1. The first-order valence-electron chi connectivity index (χ1n) is 14.1. The van der Waals surface area contributed by atoms with Gasteiger partial charge in [0.25, 0.3) is 0 Å². The number of carbonyl (C=O) groups excluding carboxylic acids is 1. The first kappa shape index (κ1) is 27.1. The van der Waals surface area contributed by atoms with Crippen LogP contribution in [0.3, 0.4) is 0 Å². The van der Waals surface area contributed by atoms with Crippen molar-refractivity contribution in [3.05, 3.63) is 87.5 Å². The highest BCUT2D eigenvalue weighted by atomic mass is 19.1. The molecule has 1 aliphatic heterocycles. The fourth-order valence-electron chi connectivity index (χ4n) is 6.70. The summed E-state index contributed by atoms with van der Waals surface area (Å²) in [4.78, 5) is 11.8. The molecule has 2 aliphatic rings. The summed E-state index contributed by atoms with van der Waals surface area (Å²) in [7, 11) is 3.36. The van der Waals surface area contributed by atoms with E-state index >= 15 is 4.39 Å². The lowest BCUT2D eigenvalue weighted by Gasteiger charge is -2.19. The van der Waals surface area contributed by atoms with E-state index in [1.54, 1.807) is 6.07 Å². The molecule has 0 saturated heterocycles. The molecule has 4 aromatic rings. The number of carbonyl (C=O) groups is 1. The van der Waals surface area contributed by atoms with Gasteiger partial charge >= 0.3 is 5.97 Å². The maximum atomic E-state index is 15.4. The first-order chi connectivity index (χ1) is 19.7. The number of ether oxygens (including phenoxy) is 3. The van der Waals surface area contributed by atoms with Crippen molar-refractivity contribution in [3.8, 4) is 33.8 Å². The summed E-state index contributed by atoms with van der Waals surface area (Å²) in [6.45, 7) is 8.82. The van der Waals surface area contributed by atoms with Gasteiger partial charge in [0.05, 0.1) is 25.8 Å². The molecule has 0 amide bonds. The lowest BCUT2D eigenvalue weighted by Crippen LogP contribution is -2.09. The molecule has 41 heavy (non-hydrogen) atoms. The van der Waals surface area contributed by atoms with Gasteiger partial charge in [0.1, 0.15) is 23.4 Å². The zero-order valence-corrected chi connectivity index (χ0v) is 24.4. The standard InChI is InChI=1S/C34H35FN2O4/c1-18-13-22(33-20(3)36-37(5)21(33)4)14-19(2)32(18)26-9-11-28(35)34-27(26)10-12-29(34)41-24-7-8-25-23(15-31(38)39-6)17-40-30(25)16-24/h7-9,11,13-14,16,23,29H,10,12,15,17H2,1-6H3. The maximum absolute atomic E-state index is 15.4. The quantitative estimate of drug-likeness (QED) is 0.235. The van der Waals surface area contributed by atoms with Crippen LogP contribution in [0.5, 0.6) is 11.5 Å². The predicted octanol–water partition coefficient (Wildman–Crippen LogP) is 7.23. The molecule has 0 fully saturated rings. The van der Waals surface area contributed by atoms with E-state index < -0.39 is 6.10 Å². The third-order valence-corrected chi connectivity index (χ3v) is 8.67. The van der Waals surface area contributed by atoms with E-state index in [-0.39, 0.29) is 24.1 Å².